The first-order valence-electron chi connectivity index (χ1n) is 7.88. The summed E-state index contributed by atoms with van der Waals surface area (Å²) >= 11 is 0. The molecule has 0 fully saturated rings. The number of guanidine groups is 1. The number of hydrogen-bond donors (Lipinski definition) is 3. The van der Waals surface area contributed by atoms with E-state index in [-0.39, 0.29) is 11.9 Å². The van der Waals surface area contributed by atoms with Gasteiger partial charge in [0.25, 0.3) is 11.8 Å². The largest absolute Gasteiger partial charge is 0.370 e. The van der Waals surface area contributed by atoms with Gasteiger partial charge in [0.1, 0.15) is 0 Å². The van der Waals surface area contributed by atoms with Crippen molar-refractivity contribution in [1.29, 1.82) is 0 Å². The molecule has 7 heteroatoms. The number of nitrogens with one attached hydrogen (secondary N) is 1. The molecule has 0 saturated carbocycles. The minimum absolute atomic E-state index is 0.211. The minimum Gasteiger partial charge on any atom is -0.370 e. The zero-order valence-electron chi connectivity index (χ0n) is 13.8. The lowest BCUT2D eigenvalue weighted by Crippen LogP contribution is -2.24. The number of fused-ring (bicyclic) bond motifs is 1. The van der Waals surface area contributed by atoms with E-state index in [1.54, 1.807) is 42.7 Å². The quantitative estimate of drug-likeness (QED) is 0.488. The monoisotopic (exact) mass is 347 g/mol. The van der Waals surface area contributed by atoms with Gasteiger partial charge in [-0.2, -0.15) is 4.99 Å². The van der Waals surface area contributed by atoms with Crippen molar-refractivity contribution in [2.45, 2.75) is 6.54 Å². The number of benzene rings is 2. The minimum atomic E-state index is -0.524. The molecule has 0 aliphatic rings. The summed E-state index contributed by atoms with van der Waals surface area (Å²) < 4.78 is 0. The number of aliphatic imine (C=N–C) groups is 1. The average Bonchev–Trinajstić information content (AvgIpc) is 2.65. The van der Waals surface area contributed by atoms with Gasteiger partial charge in [-0.05, 0) is 40.6 Å². The molecule has 26 heavy (non-hydrogen) atoms. The maximum atomic E-state index is 12.4. The zero-order valence-corrected chi connectivity index (χ0v) is 13.8. The zero-order chi connectivity index (χ0) is 18.5. The Bertz CT molecular complexity index is 995. The van der Waals surface area contributed by atoms with E-state index in [2.05, 4.69) is 15.3 Å². The third-order valence-electron chi connectivity index (χ3n) is 3.78. The number of nitrogens with two attached hydrogens (primary N) is 2. The fourth-order valence-electron chi connectivity index (χ4n) is 2.58. The van der Waals surface area contributed by atoms with Gasteiger partial charge in [0.15, 0.2) is 5.96 Å². The number of amides is 2. The SMILES string of the molecule is NC(N)=NC(=O)c1cccc2cc(C(=O)NCc3cccnc3)ccc12. The molecule has 130 valence electrons. The molecular formula is C19H17N5O2. The molecule has 0 bridgehead atoms. The van der Waals surface area contributed by atoms with Crippen LogP contribution in [0.2, 0.25) is 0 Å². The summed E-state index contributed by atoms with van der Waals surface area (Å²) in [7, 11) is 0. The molecule has 0 aliphatic heterocycles. The molecule has 0 atom stereocenters. The third-order valence-corrected chi connectivity index (χ3v) is 3.78. The van der Waals surface area contributed by atoms with Crippen molar-refractivity contribution in [3.63, 3.8) is 0 Å². The Hall–Kier alpha value is -3.74. The van der Waals surface area contributed by atoms with Crippen molar-refractivity contribution in [3.8, 4) is 0 Å². The van der Waals surface area contributed by atoms with Crippen LogP contribution in [0.1, 0.15) is 26.3 Å². The van der Waals surface area contributed by atoms with Crippen LogP contribution in [0.5, 0.6) is 0 Å². The standard InChI is InChI=1S/C19H17N5O2/c20-19(21)24-18(26)16-5-1-4-13-9-14(6-7-15(13)16)17(25)23-11-12-3-2-8-22-10-12/h1-10H,11H2,(H,23,25)(H4,20,21,24,26). The third kappa shape index (κ3) is 3.84. The lowest BCUT2D eigenvalue weighted by Gasteiger charge is -2.08. The van der Waals surface area contributed by atoms with E-state index in [1.165, 1.54) is 0 Å². The van der Waals surface area contributed by atoms with E-state index in [9.17, 15) is 9.59 Å². The van der Waals surface area contributed by atoms with Crippen LogP contribution in [0.4, 0.5) is 0 Å². The molecule has 1 aromatic heterocycles. The van der Waals surface area contributed by atoms with Crippen molar-refractivity contribution in [2.24, 2.45) is 16.5 Å². The van der Waals surface area contributed by atoms with Gasteiger partial charge in [-0.3, -0.25) is 14.6 Å². The van der Waals surface area contributed by atoms with E-state index < -0.39 is 5.91 Å². The van der Waals surface area contributed by atoms with E-state index in [0.29, 0.717) is 23.1 Å². The van der Waals surface area contributed by atoms with Crippen molar-refractivity contribution < 1.29 is 9.59 Å². The Balaban J connectivity index is 1.84. The maximum Gasteiger partial charge on any atom is 0.280 e. The van der Waals surface area contributed by atoms with Crippen LogP contribution < -0.4 is 16.8 Å². The Labute approximate surface area is 149 Å². The Morgan fingerprint density at radius 1 is 1.08 bits per heavy atom. The second-order valence-electron chi connectivity index (χ2n) is 5.63. The average molecular weight is 347 g/mol. The summed E-state index contributed by atoms with van der Waals surface area (Å²) in [5.74, 6) is -1.03. The Morgan fingerprint density at radius 3 is 2.65 bits per heavy atom. The van der Waals surface area contributed by atoms with Crippen molar-refractivity contribution >= 4 is 28.5 Å². The number of rotatable bonds is 4. The molecule has 0 unspecified atom stereocenters. The molecule has 2 aromatic carbocycles. The first-order chi connectivity index (χ1) is 12.5. The van der Waals surface area contributed by atoms with Crippen molar-refractivity contribution in [3.05, 3.63) is 77.6 Å². The second-order valence-corrected chi connectivity index (χ2v) is 5.63. The van der Waals surface area contributed by atoms with Crippen molar-refractivity contribution in [2.75, 3.05) is 0 Å². The van der Waals surface area contributed by atoms with Crippen LogP contribution in [-0.4, -0.2) is 22.8 Å². The molecule has 3 rings (SSSR count). The van der Waals surface area contributed by atoms with Crippen LogP contribution in [-0.2, 0) is 6.54 Å². The van der Waals surface area contributed by atoms with Crippen LogP contribution in [0.3, 0.4) is 0 Å². The van der Waals surface area contributed by atoms with Gasteiger partial charge in [0.05, 0.1) is 0 Å². The van der Waals surface area contributed by atoms with Crippen LogP contribution >= 0.6 is 0 Å². The van der Waals surface area contributed by atoms with Crippen molar-refractivity contribution in [1.82, 2.24) is 10.3 Å². The number of aromatic nitrogens is 1. The van der Waals surface area contributed by atoms with Gasteiger partial charge in [0.2, 0.25) is 0 Å². The summed E-state index contributed by atoms with van der Waals surface area (Å²) in [6.45, 7) is 0.383. The normalized spacial score (nSPS) is 10.3. The Morgan fingerprint density at radius 2 is 1.92 bits per heavy atom. The molecule has 0 spiro atoms. The lowest BCUT2D eigenvalue weighted by atomic mass is 10.0. The fraction of sp³-hybridized carbons (Fsp3) is 0.0526. The van der Waals surface area contributed by atoms with Crippen LogP contribution in [0.15, 0.2) is 65.9 Å². The Kier molecular flexibility index (Phi) is 4.89. The molecule has 0 saturated heterocycles. The molecule has 1 heterocycles. The van der Waals surface area contributed by atoms with Gasteiger partial charge >= 0.3 is 0 Å². The van der Waals surface area contributed by atoms with Crippen LogP contribution in [0, 0.1) is 0 Å². The van der Waals surface area contributed by atoms with E-state index in [1.807, 2.05) is 18.2 Å². The van der Waals surface area contributed by atoms with Gasteiger partial charge in [-0.1, -0.05) is 24.3 Å². The van der Waals surface area contributed by atoms with Gasteiger partial charge < -0.3 is 16.8 Å². The molecule has 5 N–H and O–H groups in total. The molecule has 0 aliphatic carbocycles. The highest BCUT2D eigenvalue weighted by Crippen LogP contribution is 2.21. The smallest absolute Gasteiger partial charge is 0.280 e. The number of nitrogens with zero attached hydrogens (tertiary/aromatic N) is 2. The first kappa shape index (κ1) is 17.1. The maximum absolute atomic E-state index is 12.4. The predicted molar refractivity (Wildman–Crippen MR) is 99.5 cm³/mol. The van der Waals surface area contributed by atoms with Gasteiger partial charge in [-0.25, -0.2) is 0 Å². The van der Waals surface area contributed by atoms with Gasteiger partial charge in [0, 0.05) is 30.1 Å². The lowest BCUT2D eigenvalue weighted by molar-refractivity contribution is 0.0950. The topological polar surface area (TPSA) is 123 Å². The van der Waals surface area contributed by atoms with E-state index in [4.69, 9.17) is 11.5 Å². The summed E-state index contributed by atoms with van der Waals surface area (Å²) in [6, 6.07) is 14.0. The van der Waals surface area contributed by atoms with E-state index >= 15 is 0 Å². The predicted octanol–water partition coefficient (Wildman–Crippen LogP) is 1.58. The number of carbonyl (C=O) groups is 2. The highest BCUT2D eigenvalue weighted by molar-refractivity contribution is 6.11. The molecule has 2 amide bonds. The fourth-order valence-corrected chi connectivity index (χ4v) is 2.58. The van der Waals surface area contributed by atoms with Crippen LogP contribution in [0.25, 0.3) is 10.8 Å². The number of pyridine rings is 1. The van der Waals surface area contributed by atoms with E-state index in [0.717, 1.165) is 10.9 Å². The summed E-state index contributed by atoms with van der Waals surface area (Å²) in [6.07, 6.45) is 3.37. The number of carbonyl (C=O) groups excluding carboxylic acids is 2. The molecule has 3 aromatic rings. The highest BCUT2D eigenvalue weighted by Gasteiger charge is 2.12. The summed E-state index contributed by atoms with van der Waals surface area (Å²) in [5.41, 5.74) is 12.3. The molecule has 0 radical (unpaired) electrons. The number of hydrogen-bond acceptors (Lipinski definition) is 3. The van der Waals surface area contributed by atoms with Gasteiger partial charge in [-0.15, -0.1) is 0 Å². The molecular weight excluding hydrogens is 330 g/mol. The molecule has 7 nitrogen and oxygen atoms in total. The second kappa shape index (κ2) is 7.43. The highest BCUT2D eigenvalue weighted by atomic mass is 16.2. The summed E-state index contributed by atoms with van der Waals surface area (Å²) in [5, 5.41) is 4.26. The summed E-state index contributed by atoms with van der Waals surface area (Å²) in [4.78, 5) is 32.1. The first-order valence-corrected chi connectivity index (χ1v) is 7.88.